The third-order valence-corrected chi connectivity index (χ3v) is 4.81. The second-order valence-corrected chi connectivity index (χ2v) is 6.90. The molecule has 6 heteroatoms. The first-order chi connectivity index (χ1) is 10.5. The van der Waals surface area contributed by atoms with E-state index >= 15 is 0 Å². The number of amides is 1. The lowest BCUT2D eigenvalue weighted by Gasteiger charge is -2.35. The van der Waals surface area contributed by atoms with E-state index in [9.17, 15) is 13.6 Å². The maximum Gasteiger partial charge on any atom is 0.407 e. The standard InChI is InChI=1S/C16H23NO4S/c1-12-7-8-15(14(9-12)11-22(19)20)17-16(18)21-10-13-5-3-2-4-6-13/h2-6,12,14-15H,7-11H2,1H3,(H,17,18)(H,19,20)/p-1/t12-,14+,15+/m1/s1. The van der Waals surface area contributed by atoms with E-state index in [1.165, 1.54) is 0 Å². The first-order valence-electron chi connectivity index (χ1n) is 7.57. The minimum absolute atomic E-state index is 0.0358. The number of carbonyl (C=O) groups excluding carboxylic acids is 1. The van der Waals surface area contributed by atoms with Gasteiger partial charge in [0.25, 0.3) is 0 Å². The van der Waals surface area contributed by atoms with Crippen LogP contribution in [0.3, 0.4) is 0 Å². The average molecular weight is 324 g/mol. The molecule has 22 heavy (non-hydrogen) atoms. The van der Waals surface area contributed by atoms with Crippen molar-refractivity contribution in [1.82, 2.24) is 5.32 Å². The summed E-state index contributed by atoms with van der Waals surface area (Å²) in [7, 11) is 0. The maximum absolute atomic E-state index is 11.9. The summed E-state index contributed by atoms with van der Waals surface area (Å²) in [5.74, 6) is 0.548. The Morgan fingerprint density at radius 3 is 2.77 bits per heavy atom. The summed E-state index contributed by atoms with van der Waals surface area (Å²) in [5, 5.41) is 2.83. The SMILES string of the molecule is C[C@@H]1CC[C@H](NC(=O)OCc2ccccc2)[C@H](CS(=O)[O-])C1. The van der Waals surface area contributed by atoms with Crippen molar-refractivity contribution in [3.8, 4) is 0 Å². The molecule has 0 radical (unpaired) electrons. The highest BCUT2D eigenvalue weighted by atomic mass is 32.2. The highest BCUT2D eigenvalue weighted by molar-refractivity contribution is 7.79. The molecule has 1 saturated carbocycles. The van der Waals surface area contributed by atoms with Crippen LogP contribution in [-0.2, 0) is 22.4 Å². The van der Waals surface area contributed by atoms with Gasteiger partial charge in [0.2, 0.25) is 0 Å². The maximum atomic E-state index is 11.9. The van der Waals surface area contributed by atoms with E-state index < -0.39 is 17.2 Å². The molecule has 1 aliphatic carbocycles. The molecule has 2 rings (SSSR count). The molecule has 1 aliphatic rings. The Labute approximate surface area is 133 Å². The van der Waals surface area contributed by atoms with Gasteiger partial charge in [-0.3, -0.25) is 4.21 Å². The number of carbonyl (C=O) groups is 1. The first kappa shape index (κ1) is 17.0. The van der Waals surface area contributed by atoms with E-state index in [-0.39, 0.29) is 24.3 Å². The fourth-order valence-corrected chi connectivity index (χ4v) is 3.68. The summed E-state index contributed by atoms with van der Waals surface area (Å²) in [4.78, 5) is 11.9. The Kier molecular flexibility index (Phi) is 6.39. The number of hydrogen-bond donors (Lipinski definition) is 1. The van der Waals surface area contributed by atoms with Gasteiger partial charge in [-0.2, -0.15) is 0 Å². The third-order valence-electron chi connectivity index (χ3n) is 4.11. The molecule has 4 atom stereocenters. The molecule has 0 aliphatic heterocycles. The topological polar surface area (TPSA) is 78.5 Å². The lowest BCUT2D eigenvalue weighted by atomic mass is 9.80. The van der Waals surface area contributed by atoms with Crippen molar-refractivity contribution in [2.45, 2.75) is 38.8 Å². The average Bonchev–Trinajstić information content (AvgIpc) is 2.48. The van der Waals surface area contributed by atoms with E-state index in [0.717, 1.165) is 24.8 Å². The van der Waals surface area contributed by atoms with Crippen molar-refractivity contribution in [2.24, 2.45) is 11.8 Å². The van der Waals surface area contributed by atoms with Crippen molar-refractivity contribution < 1.29 is 18.3 Å². The van der Waals surface area contributed by atoms with Crippen LogP contribution in [0.25, 0.3) is 0 Å². The molecule has 1 aromatic rings. The van der Waals surface area contributed by atoms with Crippen molar-refractivity contribution in [3.05, 3.63) is 35.9 Å². The van der Waals surface area contributed by atoms with Crippen LogP contribution < -0.4 is 5.32 Å². The summed E-state index contributed by atoms with van der Waals surface area (Å²) in [5.41, 5.74) is 0.923. The van der Waals surface area contributed by atoms with Gasteiger partial charge in [0.1, 0.15) is 6.61 Å². The Balaban J connectivity index is 1.84. The quantitative estimate of drug-likeness (QED) is 0.844. The molecule has 5 nitrogen and oxygen atoms in total. The van der Waals surface area contributed by atoms with Gasteiger partial charge in [-0.1, -0.05) is 48.3 Å². The summed E-state index contributed by atoms with van der Waals surface area (Å²) < 4.78 is 27.2. The summed E-state index contributed by atoms with van der Waals surface area (Å²) >= 11 is -2.09. The first-order valence-corrected chi connectivity index (χ1v) is 8.82. The molecular formula is C16H22NO4S-. The molecule has 122 valence electrons. The van der Waals surface area contributed by atoms with E-state index in [0.29, 0.717) is 5.92 Å². The predicted octanol–water partition coefficient (Wildman–Crippen LogP) is 2.60. The molecule has 0 spiro atoms. The van der Waals surface area contributed by atoms with E-state index in [1.807, 2.05) is 30.3 Å². The predicted molar refractivity (Wildman–Crippen MR) is 83.8 cm³/mol. The van der Waals surface area contributed by atoms with Gasteiger partial charge < -0.3 is 14.6 Å². The van der Waals surface area contributed by atoms with Crippen molar-refractivity contribution in [3.63, 3.8) is 0 Å². The van der Waals surface area contributed by atoms with Crippen molar-refractivity contribution in [2.75, 3.05) is 5.75 Å². The summed E-state index contributed by atoms with van der Waals surface area (Å²) in [6, 6.07) is 9.33. The van der Waals surface area contributed by atoms with Crippen LogP contribution in [-0.4, -0.2) is 26.6 Å². The van der Waals surface area contributed by atoms with Crippen LogP contribution in [0.4, 0.5) is 4.79 Å². The number of ether oxygens (including phenoxy) is 1. The fourth-order valence-electron chi connectivity index (χ4n) is 2.96. The van der Waals surface area contributed by atoms with Gasteiger partial charge in [0.05, 0.1) is 0 Å². The molecule has 1 amide bonds. The number of nitrogens with one attached hydrogen (secondary N) is 1. The molecule has 1 aromatic carbocycles. The second kappa shape index (κ2) is 8.29. The number of alkyl carbamates (subject to hydrolysis) is 1. The van der Waals surface area contributed by atoms with E-state index in [1.54, 1.807) is 0 Å². The van der Waals surface area contributed by atoms with Gasteiger partial charge in [-0.15, -0.1) is 0 Å². The zero-order valence-corrected chi connectivity index (χ0v) is 13.5. The number of rotatable bonds is 5. The lowest BCUT2D eigenvalue weighted by Crippen LogP contribution is -2.45. The van der Waals surface area contributed by atoms with Crippen LogP contribution in [0.1, 0.15) is 31.7 Å². The molecular weight excluding hydrogens is 302 g/mol. The van der Waals surface area contributed by atoms with E-state index in [2.05, 4.69) is 12.2 Å². The molecule has 0 bridgehead atoms. The smallest absolute Gasteiger partial charge is 0.407 e. The Bertz CT molecular complexity index is 508. The van der Waals surface area contributed by atoms with Crippen LogP contribution in [0.2, 0.25) is 0 Å². The van der Waals surface area contributed by atoms with Crippen molar-refractivity contribution in [1.29, 1.82) is 0 Å². The van der Waals surface area contributed by atoms with Gasteiger partial charge in [0.15, 0.2) is 0 Å². The van der Waals surface area contributed by atoms with Crippen LogP contribution in [0, 0.1) is 11.8 Å². The largest absolute Gasteiger partial charge is 0.772 e. The normalized spacial score (nSPS) is 26.2. The monoisotopic (exact) mass is 324 g/mol. The number of hydrogen-bond acceptors (Lipinski definition) is 4. The van der Waals surface area contributed by atoms with E-state index in [4.69, 9.17) is 4.74 Å². The summed E-state index contributed by atoms with van der Waals surface area (Å²) in [6.07, 6.45) is 2.12. The number of benzene rings is 1. The highest BCUT2D eigenvalue weighted by Gasteiger charge is 2.30. The van der Waals surface area contributed by atoms with Crippen molar-refractivity contribution >= 4 is 17.2 Å². The van der Waals surface area contributed by atoms with Crippen LogP contribution >= 0.6 is 0 Å². The fraction of sp³-hybridized carbons (Fsp3) is 0.562. The van der Waals surface area contributed by atoms with Crippen LogP contribution in [0.5, 0.6) is 0 Å². The minimum Gasteiger partial charge on any atom is -0.772 e. The van der Waals surface area contributed by atoms with Gasteiger partial charge in [-0.25, -0.2) is 4.79 Å². The lowest BCUT2D eigenvalue weighted by molar-refractivity contribution is 0.124. The molecule has 0 saturated heterocycles. The molecule has 0 heterocycles. The van der Waals surface area contributed by atoms with Gasteiger partial charge in [-0.05, 0) is 36.7 Å². The third kappa shape index (κ3) is 5.42. The summed E-state index contributed by atoms with van der Waals surface area (Å²) in [6.45, 7) is 2.33. The second-order valence-electron chi connectivity index (χ2n) is 5.96. The minimum atomic E-state index is -2.09. The van der Waals surface area contributed by atoms with Gasteiger partial charge >= 0.3 is 6.09 Å². The zero-order valence-electron chi connectivity index (χ0n) is 12.7. The van der Waals surface area contributed by atoms with Crippen LogP contribution in [0.15, 0.2) is 30.3 Å². The Hall–Kier alpha value is -1.40. The molecule has 1 fully saturated rings. The molecule has 1 N–H and O–H groups in total. The van der Waals surface area contributed by atoms with Gasteiger partial charge in [0, 0.05) is 11.8 Å². The Morgan fingerprint density at radius 1 is 1.36 bits per heavy atom. The highest BCUT2D eigenvalue weighted by Crippen LogP contribution is 2.29. The molecule has 0 aromatic heterocycles. The zero-order chi connectivity index (χ0) is 15.9. The molecule has 1 unspecified atom stereocenters. The Morgan fingerprint density at radius 2 is 2.09 bits per heavy atom.